The number of aromatic amines is 2. The van der Waals surface area contributed by atoms with E-state index in [0.29, 0.717) is 29.2 Å². The van der Waals surface area contributed by atoms with Crippen LogP contribution in [0.15, 0.2) is 73.2 Å². The molecule has 4 heterocycles. The topological polar surface area (TPSA) is 115 Å². The van der Waals surface area contributed by atoms with Crippen LogP contribution in [0.2, 0.25) is 0 Å². The van der Waals surface area contributed by atoms with Crippen molar-refractivity contribution in [1.82, 2.24) is 30.0 Å². The van der Waals surface area contributed by atoms with Crippen LogP contribution in [0.3, 0.4) is 0 Å². The van der Waals surface area contributed by atoms with E-state index in [1.165, 1.54) is 12.1 Å². The van der Waals surface area contributed by atoms with Gasteiger partial charge < -0.3 is 20.5 Å². The summed E-state index contributed by atoms with van der Waals surface area (Å²) in [6, 6.07) is 16.8. The Morgan fingerprint density at radius 2 is 1.72 bits per heavy atom. The Kier molecular flexibility index (Phi) is 7.60. The lowest BCUT2D eigenvalue weighted by atomic mass is 10.0. The number of aromatic nitrogens is 5. The third kappa shape index (κ3) is 5.96. The molecule has 2 aromatic carbocycles. The highest BCUT2D eigenvalue weighted by Crippen LogP contribution is 2.35. The van der Waals surface area contributed by atoms with Crippen LogP contribution in [0.25, 0.3) is 55.6 Å². The van der Waals surface area contributed by atoms with Gasteiger partial charge in [-0.3, -0.25) is 19.9 Å². The molecule has 0 aliphatic carbocycles. The van der Waals surface area contributed by atoms with E-state index in [1.807, 2.05) is 64.3 Å². The van der Waals surface area contributed by atoms with Crippen molar-refractivity contribution in [2.45, 2.75) is 13.8 Å². The molecular formula is C33H33FN8O. The van der Waals surface area contributed by atoms with Crippen LogP contribution >= 0.6 is 0 Å². The summed E-state index contributed by atoms with van der Waals surface area (Å²) in [6.45, 7) is 5.23. The Labute approximate surface area is 248 Å². The van der Waals surface area contributed by atoms with Gasteiger partial charge in [-0.2, -0.15) is 5.10 Å². The average molecular weight is 577 g/mol. The Balaban J connectivity index is 1.36. The van der Waals surface area contributed by atoms with Gasteiger partial charge in [0.25, 0.3) is 0 Å². The van der Waals surface area contributed by atoms with Crippen molar-refractivity contribution >= 4 is 39.1 Å². The highest BCUT2D eigenvalue weighted by Gasteiger charge is 2.16. The van der Waals surface area contributed by atoms with Crippen molar-refractivity contribution in [3.05, 3.63) is 79.0 Å². The predicted octanol–water partition coefficient (Wildman–Crippen LogP) is 6.54. The van der Waals surface area contributed by atoms with Gasteiger partial charge in [-0.1, -0.05) is 19.9 Å². The fourth-order valence-electron chi connectivity index (χ4n) is 5.02. The third-order valence-electron chi connectivity index (χ3n) is 7.29. The lowest BCUT2D eigenvalue weighted by Crippen LogP contribution is -2.20. The van der Waals surface area contributed by atoms with Crippen molar-refractivity contribution in [3.63, 3.8) is 0 Å². The molecule has 1 amide bonds. The summed E-state index contributed by atoms with van der Waals surface area (Å²) < 4.78 is 14.7. The van der Waals surface area contributed by atoms with E-state index in [2.05, 4.69) is 46.7 Å². The molecule has 0 fully saturated rings. The van der Waals surface area contributed by atoms with Crippen molar-refractivity contribution in [1.29, 1.82) is 0 Å². The monoisotopic (exact) mass is 576 g/mol. The average Bonchev–Trinajstić information content (AvgIpc) is 3.60. The number of nitrogens with one attached hydrogen (secondary N) is 4. The third-order valence-corrected chi connectivity index (χ3v) is 7.29. The van der Waals surface area contributed by atoms with Crippen LogP contribution in [-0.4, -0.2) is 63.1 Å². The summed E-state index contributed by atoms with van der Waals surface area (Å²) in [5.74, 6) is -0.518. The van der Waals surface area contributed by atoms with Gasteiger partial charge in [0.1, 0.15) is 11.5 Å². The lowest BCUT2D eigenvalue weighted by Gasteiger charge is -2.12. The molecule has 0 radical (unpaired) electrons. The Hall–Kier alpha value is -5.09. The minimum Gasteiger partial charge on any atom is -0.384 e. The Morgan fingerprint density at radius 3 is 2.53 bits per heavy atom. The molecule has 0 bridgehead atoms. The first-order valence-electron chi connectivity index (χ1n) is 14.2. The smallest absolute Gasteiger partial charge is 0.226 e. The molecule has 4 N–H and O–H groups in total. The number of nitrogens with zero attached hydrogens (tertiary/aromatic N) is 4. The largest absolute Gasteiger partial charge is 0.384 e. The summed E-state index contributed by atoms with van der Waals surface area (Å²) in [5.41, 5.74) is 7.86. The standard InChI is InChI=1S/C33H33FN8O/c1-19(2)33(43)38-25-13-22(17-35-18-25)20-5-6-29-26(14-20)32(41-40-29)30-16-27-28(39-30)7-8-37-31(27)21-11-23(34)15-24(12-21)36-9-10-42(3)4/h5-8,11-19,36,39H,9-10H2,1-4H3,(H,38,43)(H,40,41). The minimum absolute atomic E-state index is 0.0609. The van der Waals surface area contributed by atoms with Gasteiger partial charge in [0.2, 0.25) is 5.91 Å². The summed E-state index contributed by atoms with van der Waals surface area (Å²) in [4.78, 5) is 26.7. The van der Waals surface area contributed by atoms with Crippen molar-refractivity contribution in [3.8, 4) is 33.8 Å². The van der Waals surface area contributed by atoms with Crippen LogP contribution in [0.5, 0.6) is 0 Å². The summed E-state index contributed by atoms with van der Waals surface area (Å²) in [5, 5.41) is 15.8. The van der Waals surface area contributed by atoms with Gasteiger partial charge in [0, 0.05) is 64.5 Å². The SMILES string of the molecule is CC(C)C(=O)Nc1cncc(-c2ccc3[nH]nc(-c4cc5c(-c6cc(F)cc(NCCN(C)C)c6)nccc5[nH]4)c3c2)c1. The predicted molar refractivity (Wildman–Crippen MR) is 170 cm³/mol. The number of likely N-dealkylation sites (N-methyl/N-ethyl adjacent to an activating group) is 1. The number of rotatable bonds is 9. The number of fused-ring (bicyclic) bond motifs is 2. The number of pyridine rings is 2. The Morgan fingerprint density at radius 1 is 0.907 bits per heavy atom. The first-order chi connectivity index (χ1) is 20.7. The first kappa shape index (κ1) is 28.0. The van der Waals surface area contributed by atoms with Gasteiger partial charge in [-0.25, -0.2) is 4.39 Å². The number of amides is 1. The molecule has 0 saturated carbocycles. The van der Waals surface area contributed by atoms with E-state index < -0.39 is 0 Å². The molecule has 6 aromatic rings. The van der Waals surface area contributed by atoms with Crippen molar-refractivity contribution < 1.29 is 9.18 Å². The van der Waals surface area contributed by atoms with Gasteiger partial charge in [0.15, 0.2) is 0 Å². The number of hydrogen-bond acceptors (Lipinski definition) is 6. The van der Waals surface area contributed by atoms with Gasteiger partial charge in [-0.15, -0.1) is 0 Å². The maximum absolute atomic E-state index is 14.7. The number of benzene rings is 2. The number of carbonyl (C=O) groups is 1. The first-order valence-corrected chi connectivity index (χ1v) is 14.2. The normalized spacial score (nSPS) is 11.6. The number of H-pyrrole nitrogens is 2. The zero-order chi connectivity index (χ0) is 30.1. The molecule has 6 rings (SSSR count). The summed E-state index contributed by atoms with van der Waals surface area (Å²) >= 11 is 0. The molecule has 0 aliphatic heterocycles. The molecule has 43 heavy (non-hydrogen) atoms. The molecule has 9 nitrogen and oxygen atoms in total. The summed E-state index contributed by atoms with van der Waals surface area (Å²) in [6.07, 6.45) is 5.14. The quantitative estimate of drug-likeness (QED) is 0.155. The number of anilines is 2. The van der Waals surface area contributed by atoms with Crippen LogP contribution < -0.4 is 10.6 Å². The molecule has 0 unspecified atom stereocenters. The van der Waals surface area contributed by atoms with Crippen LogP contribution in [0.4, 0.5) is 15.8 Å². The zero-order valence-corrected chi connectivity index (χ0v) is 24.5. The fraction of sp³-hybridized carbons (Fsp3) is 0.212. The van der Waals surface area contributed by atoms with E-state index in [9.17, 15) is 9.18 Å². The molecule has 0 atom stereocenters. The van der Waals surface area contributed by atoms with Crippen molar-refractivity contribution in [2.75, 3.05) is 37.8 Å². The number of halogens is 1. The molecule has 10 heteroatoms. The van der Waals surface area contributed by atoms with Crippen LogP contribution in [0.1, 0.15) is 13.8 Å². The minimum atomic E-state index is -0.326. The van der Waals surface area contributed by atoms with Gasteiger partial charge >= 0.3 is 0 Å². The molecule has 0 saturated heterocycles. The van der Waals surface area contributed by atoms with Crippen molar-refractivity contribution in [2.24, 2.45) is 5.92 Å². The fourth-order valence-corrected chi connectivity index (χ4v) is 5.02. The van der Waals surface area contributed by atoms with E-state index >= 15 is 0 Å². The maximum atomic E-state index is 14.7. The zero-order valence-electron chi connectivity index (χ0n) is 24.5. The summed E-state index contributed by atoms with van der Waals surface area (Å²) in [7, 11) is 4.00. The van der Waals surface area contributed by atoms with Gasteiger partial charge in [0.05, 0.1) is 28.8 Å². The van der Waals surface area contributed by atoms with E-state index in [1.54, 1.807) is 18.6 Å². The molecule has 4 aromatic heterocycles. The lowest BCUT2D eigenvalue weighted by molar-refractivity contribution is -0.118. The van der Waals surface area contributed by atoms with Gasteiger partial charge in [-0.05, 0) is 68.2 Å². The highest BCUT2D eigenvalue weighted by atomic mass is 19.1. The maximum Gasteiger partial charge on any atom is 0.226 e. The second-order valence-electron chi connectivity index (χ2n) is 11.2. The molecule has 218 valence electrons. The van der Waals surface area contributed by atoms with Crippen LogP contribution in [0, 0.1) is 11.7 Å². The van der Waals surface area contributed by atoms with E-state index in [4.69, 9.17) is 0 Å². The van der Waals surface area contributed by atoms with E-state index in [-0.39, 0.29) is 17.6 Å². The second-order valence-corrected chi connectivity index (χ2v) is 11.2. The highest BCUT2D eigenvalue weighted by molar-refractivity contribution is 6.01. The second kappa shape index (κ2) is 11.7. The number of carbonyl (C=O) groups excluding carboxylic acids is 1. The molecular weight excluding hydrogens is 543 g/mol. The molecule has 0 spiro atoms. The number of hydrogen-bond donors (Lipinski definition) is 4. The molecule has 0 aliphatic rings. The van der Waals surface area contributed by atoms with Crippen LogP contribution in [-0.2, 0) is 4.79 Å². The Bertz CT molecular complexity index is 1940. The van der Waals surface area contributed by atoms with E-state index in [0.717, 1.165) is 50.9 Å².